The number of aliphatic hydroxyl groups is 3. The van der Waals surface area contributed by atoms with Gasteiger partial charge in [-0.25, -0.2) is 4.79 Å². The number of aliphatic hydroxyl groups excluding tert-OH is 1. The summed E-state index contributed by atoms with van der Waals surface area (Å²) in [6, 6.07) is 0. The molecule has 59 heavy (non-hydrogen) atoms. The fraction of sp³-hybridized carbons (Fsp3) is 0.642. The molecule has 2 aliphatic carbocycles. The second-order valence-corrected chi connectivity index (χ2v) is 19.2. The summed E-state index contributed by atoms with van der Waals surface area (Å²) in [6.45, 7) is 19.0. The molecule has 3 rings (SSSR count). The van der Waals surface area contributed by atoms with E-state index in [0.717, 1.165) is 37.0 Å². The van der Waals surface area contributed by atoms with Crippen molar-refractivity contribution in [2.75, 3.05) is 6.61 Å². The Hall–Kier alpha value is -3.21. The van der Waals surface area contributed by atoms with Crippen molar-refractivity contribution in [1.29, 1.82) is 0 Å². The highest BCUT2D eigenvalue weighted by atomic mass is 16.5. The highest BCUT2D eigenvalue weighted by molar-refractivity contribution is 5.95. The van der Waals surface area contributed by atoms with Crippen LogP contribution in [0.25, 0.3) is 0 Å². The molecule has 0 aromatic heterocycles. The fourth-order valence-corrected chi connectivity index (χ4v) is 9.09. The standard InChI is InChI=1S/C53H80O6/c1-10-11-12-13-14-15-16-17-18-19-20-21-24-27-34-58-47-36-43(4)48(50(5,6)40-47)31-30-41(2)28-25-22-23-26-29-42(3)35-46-37-44(49(55)59-46)32-33-53(57)51(7,8)38-45(54)39-52(53,9)56/h22-23,25-26,28-29,32-33,35,37,45,47,54,56-57H,10-21,24,27,34,36,38-40H2,1-9H3/b25-22+,26-23+,33-32+,41-28+,42-29+,46-35-/t45-,47+,52+,53+/m0/s1. The average molecular weight is 813 g/mol. The second kappa shape index (κ2) is 24.3. The molecular formula is C53H80O6. The first kappa shape index (κ1) is 50.1. The van der Waals surface area contributed by atoms with Gasteiger partial charge in [0.2, 0.25) is 0 Å². The van der Waals surface area contributed by atoms with Gasteiger partial charge in [0.25, 0.3) is 0 Å². The number of cyclic esters (lactones) is 1. The van der Waals surface area contributed by atoms with Crippen LogP contribution in [0.3, 0.4) is 0 Å². The third-order valence-electron chi connectivity index (χ3n) is 12.5. The van der Waals surface area contributed by atoms with Gasteiger partial charge in [-0.2, -0.15) is 0 Å². The third kappa shape index (κ3) is 16.3. The summed E-state index contributed by atoms with van der Waals surface area (Å²) < 4.78 is 11.8. The van der Waals surface area contributed by atoms with E-state index in [2.05, 4.69) is 39.5 Å². The molecule has 0 saturated heterocycles. The first-order chi connectivity index (χ1) is 27.9. The molecule has 0 spiro atoms. The molecule has 0 aromatic carbocycles. The van der Waals surface area contributed by atoms with Crippen LogP contribution in [-0.4, -0.2) is 51.3 Å². The van der Waals surface area contributed by atoms with Crippen LogP contribution in [0.1, 0.15) is 178 Å². The minimum atomic E-state index is -1.64. The Morgan fingerprint density at radius 1 is 0.831 bits per heavy atom. The van der Waals surface area contributed by atoms with E-state index in [4.69, 9.17) is 9.47 Å². The largest absolute Gasteiger partial charge is 0.423 e. The van der Waals surface area contributed by atoms with Crippen LogP contribution in [0.15, 0.2) is 94.4 Å². The number of carbonyl (C=O) groups excluding carboxylic acids is 1. The van der Waals surface area contributed by atoms with Gasteiger partial charge in [-0.3, -0.25) is 0 Å². The zero-order valence-corrected chi connectivity index (χ0v) is 38.4. The number of unbranched alkanes of at least 4 members (excludes halogenated alkanes) is 13. The molecule has 1 aliphatic heterocycles. The Labute approximate surface area is 359 Å². The summed E-state index contributed by atoms with van der Waals surface area (Å²) in [7, 11) is 0. The second-order valence-electron chi connectivity index (χ2n) is 19.2. The van der Waals surface area contributed by atoms with Gasteiger partial charge in [0.05, 0.1) is 23.4 Å². The lowest BCUT2D eigenvalue weighted by Gasteiger charge is -2.54. The van der Waals surface area contributed by atoms with E-state index in [0.29, 0.717) is 12.2 Å². The van der Waals surface area contributed by atoms with Crippen molar-refractivity contribution in [3.05, 3.63) is 94.4 Å². The Morgan fingerprint density at radius 2 is 1.41 bits per heavy atom. The maximum absolute atomic E-state index is 12.6. The summed E-state index contributed by atoms with van der Waals surface area (Å²) in [4.78, 5) is 12.6. The highest BCUT2D eigenvalue weighted by Gasteiger charge is 2.58. The van der Waals surface area contributed by atoms with Gasteiger partial charge in [-0.15, -0.1) is 0 Å². The van der Waals surface area contributed by atoms with Crippen molar-refractivity contribution in [2.45, 2.75) is 201 Å². The molecular weight excluding hydrogens is 733 g/mol. The molecule has 4 atom stereocenters. The lowest BCUT2D eigenvalue weighted by atomic mass is 9.57. The number of allylic oxidation sites excluding steroid dienone is 11. The minimum absolute atomic E-state index is 0.0134. The molecule has 0 amide bonds. The number of hydrogen-bond donors (Lipinski definition) is 3. The predicted octanol–water partition coefficient (Wildman–Crippen LogP) is 12.6. The predicted molar refractivity (Wildman–Crippen MR) is 245 cm³/mol. The normalized spacial score (nSPS) is 26.9. The van der Waals surface area contributed by atoms with Crippen LogP contribution in [0.4, 0.5) is 0 Å². The lowest BCUT2D eigenvalue weighted by Crippen LogP contribution is -2.65. The zero-order valence-electron chi connectivity index (χ0n) is 38.4. The Bertz CT molecular complexity index is 1660. The SMILES string of the molecule is CCCCCCCCCCCCCCCCO[C@@H]1CC(C)=C(C#C/C(C)=C/C=C/C=C/C=C(C)/C=C2C=C(/C=C/[C@@]3(O)C(C)(C)C[C@H](O)C[C@@]3(C)O)C(=O)O/2)C(C)(C)C1. The number of hydrogen-bond acceptors (Lipinski definition) is 6. The van der Waals surface area contributed by atoms with Crippen molar-refractivity contribution in [3.63, 3.8) is 0 Å². The molecule has 0 aromatic rings. The highest BCUT2D eigenvalue weighted by Crippen LogP contribution is 2.50. The van der Waals surface area contributed by atoms with Crippen molar-refractivity contribution >= 4 is 5.97 Å². The molecule has 0 bridgehead atoms. The summed E-state index contributed by atoms with van der Waals surface area (Å²) in [6.07, 6.45) is 39.2. The van der Waals surface area contributed by atoms with Crippen LogP contribution in [0, 0.1) is 22.7 Å². The van der Waals surface area contributed by atoms with E-state index in [1.165, 1.54) is 114 Å². The summed E-state index contributed by atoms with van der Waals surface area (Å²) >= 11 is 0. The smallest absolute Gasteiger partial charge is 0.343 e. The molecule has 1 heterocycles. The molecule has 0 radical (unpaired) electrons. The fourth-order valence-electron chi connectivity index (χ4n) is 9.09. The first-order valence-corrected chi connectivity index (χ1v) is 22.9. The van der Waals surface area contributed by atoms with Crippen LogP contribution in [-0.2, 0) is 14.3 Å². The first-order valence-electron chi connectivity index (χ1n) is 22.9. The van der Waals surface area contributed by atoms with Gasteiger partial charge in [-0.1, -0.05) is 172 Å². The Morgan fingerprint density at radius 3 is 1.98 bits per heavy atom. The van der Waals surface area contributed by atoms with Crippen molar-refractivity contribution in [1.82, 2.24) is 0 Å². The monoisotopic (exact) mass is 813 g/mol. The van der Waals surface area contributed by atoms with E-state index in [-0.39, 0.29) is 23.5 Å². The Kier molecular flexibility index (Phi) is 20.6. The van der Waals surface area contributed by atoms with Gasteiger partial charge in [-0.05, 0) is 88.8 Å². The van der Waals surface area contributed by atoms with Gasteiger partial charge in [0.15, 0.2) is 0 Å². The minimum Gasteiger partial charge on any atom is -0.423 e. The van der Waals surface area contributed by atoms with E-state index >= 15 is 0 Å². The van der Waals surface area contributed by atoms with Gasteiger partial charge in [0.1, 0.15) is 11.4 Å². The summed E-state index contributed by atoms with van der Waals surface area (Å²) in [5, 5.41) is 32.7. The summed E-state index contributed by atoms with van der Waals surface area (Å²) in [5.41, 5.74) is 0.712. The van der Waals surface area contributed by atoms with Crippen molar-refractivity contribution in [2.24, 2.45) is 10.8 Å². The van der Waals surface area contributed by atoms with Crippen LogP contribution >= 0.6 is 0 Å². The van der Waals surface area contributed by atoms with E-state index in [1.54, 1.807) is 26.0 Å². The molecule has 1 saturated carbocycles. The summed E-state index contributed by atoms with van der Waals surface area (Å²) in [5.74, 6) is 6.76. The maximum Gasteiger partial charge on any atom is 0.343 e. The quantitative estimate of drug-likeness (QED) is 0.0436. The molecule has 6 heteroatoms. The maximum atomic E-state index is 12.6. The van der Waals surface area contributed by atoms with Crippen LogP contribution in [0.5, 0.6) is 0 Å². The van der Waals surface area contributed by atoms with Gasteiger partial charge >= 0.3 is 5.97 Å². The zero-order chi connectivity index (χ0) is 43.5. The molecule has 3 aliphatic rings. The van der Waals surface area contributed by atoms with E-state index < -0.39 is 28.7 Å². The number of esters is 1. The topological polar surface area (TPSA) is 96.2 Å². The van der Waals surface area contributed by atoms with Gasteiger partial charge < -0.3 is 24.8 Å². The number of ether oxygens (including phenoxy) is 2. The average Bonchev–Trinajstić information content (AvgIpc) is 3.49. The van der Waals surface area contributed by atoms with Crippen molar-refractivity contribution in [3.8, 4) is 11.8 Å². The van der Waals surface area contributed by atoms with Gasteiger partial charge in [0, 0.05) is 29.4 Å². The lowest BCUT2D eigenvalue weighted by molar-refractivity contribution is -0.216. The Balaban J connectivity index is 1.41. The molecule has 328 valence electrons. The number of carbonyl (C=O) groups is 1. The number of rotatable bonds is 22. The molecule has 0 unspecified atom stereocenters. The van der Waals surface area contributed by atoms with E-state index in [1.807, 2.05) is 50.3 Å². The van der Waals surface area contributed by atoms with Crippen LogP contribution < -0.4 is 0 Å². The van der Waals surface area contributed by atoms with Crippen LogP contribution in [0.2, 0.25) is 0 Å². The molecule has 3 N–H and O–H groups in total. The third-order valence-corrected chi connectivity index (χ3v) is 12.5. The molecule has 6 nitrogen and oxygen atoms in total. The molecule has 1 fully saturated rings. The van der Waals surface area contributed by atoms with Crippen molar-refractivity contribution < 1.29 is 29.6 Å². The van der Waals surface area contributed by atoms with E-state index in [9.17, 15) is 20.1 Å².